The lowest BCUT2D eigenvalue weighted by molar-refractivity contribution is -0.139. The van der Waals surface area contributed by atoms with E-state index in [9.17, 15) is 21.6 Å². The van der Waals surface area contributed by atoms with E-state index in [1.807, 2.05) is 0 Å². The van der Waals surface area contributed by atoms with Gasteiger partial charge in [-0.15, -0.1) is 11.3 Å². The largest absolute Gasteiger partial charge is 0.417 e. The highest BCUT2D eigenvalue weighted by molar-refractivity contribution is 7.92. The Morgan fingerprint density at radius 2 is 1.85 bits per heavy atom. The Kier molecular flexibility index (Phi) is 3.96. The lowest BCUT2D eigenvalue weighted by atomic mass is 10.2. The van der Waals surface area contributed by atoms with Crippen LogP contribution >= 0.6 is 11.3 Å². The molecule has 0 spiro atoms. The van der Waals surface area contributed by atoms with Gasteiger partial charge in [0, 0.05) is 5.92 Å². The van der Waals surface area contributed by atoms with Crippen LogP contribution in [0.2, 0.25) is 0 Å². The second kappa shape index (κ2) is 5.95. The first kappa shape index (κ1) is 17.3. The molecule has 136 valence electrons. The number of nitrogens with zero attached hydrogens (tertiary/aromatic N) is 1. The van der Waals surface area contributed by atoms with Gasteiger partial charge in [0.1, 0.15) is 0 Å². The van der Waals surface area contributed by atoms with E-state index in [0.717, 1.165) is 46.3 Å². The van der Waals surface area contributed by atoms with Gasteiger partial charge in [-0.3, -0.25) is 4.72 Å². The Bertz CT molecular complexity index is 1090. The third-order valence-electron chi connectivity index (χ3n) is 4.07. The fourth-order valence-electron chi connectivity index (χ4n) is 2.66. The molecule has 1 aliphatic carbocycles. The third kappa shape index (κ3) is 3.28. The van der Waals surface area contributed by atoms with Crippen molar-refractivity contribution in [3.8, 4) is 0 Å². The zero-order valence-electron chi connectivity index (χ0n) is 13.2. The molecular formula is C17H13F3N2O2S2. The second-order valence-electron chi connectivity index (χ2n) is 6.11. The molecule has 3 aromatic rings. The molecule has 1 fully saturated rings. The van der Waals surface area contributed by atoms with Crippen LogP contribution in [0, 0.1) is 0 Å². The number of anilines is 1. The van der Waals surface area contributed by atoms with Crippen molar-refractivity contribution in [3.05, 3.63) is 53.0 Å². The van der Waals surface area contributed by atoms with Crippen LogP contribution in [-0.2, 0) is 16.2 Å². The zero-order valence-corrected chi connectivity index (χ0v) is 14.9. The number of alkyl halides is 3. The summed E-state index contributed by atoms with van der Waals surface area (Å²) in [5.74, 6) is 0.478. The molecule has 4 nitrogen and oxygen atoms in total. The van der Waals surface area contributed by atoms with Gasteiger partial charge in [-0.25, -0.2) is 13.4 Å². The van der Waals surface area contributed by atoms with E-state index in [2.05, 4.69) is 9.71 Å². The zero-order chi connectivity index (χ0) is 18.5. The van der Waals surface area contributed by atoms with Crippen LogP contribution in [0.3, 0.4) is 0 Å². The summed E-state index contributed by atoms with van der Waals surface area (Å²) < 4.78 is 67.4. The highest BCUT2D eigenvalue weighted by atomic mass is 32.2. The lowest BCUT2D eigenvalue weighted by Crippen LogP contribution is -2.18. The molecule has 2 aromatic carbocycles. The van der Waals surface area contributed by atoms with Gasteiger partial charge < -0.3 is 0 Å². The van der Waals surface area contributed by atoms with Crippen LogP contribution in [0.25, 0.3) is 10.2 Å². The number of hydrogen-bond acceptors (Lipinski definition) is 4. The minimum atomic E-state index is -4.76. The van der Waals surface area contributed by atoms with Crippen LogP contribution in [0.1, 0.15) is 29.3 Å². The van der Waals surface area contributed by atoms with Crippen LogP contribution in [0.5, 0.6) is 0 Å². The molecule has 0 bridgehead atoms. The number of sulfonamides is 1. The van der Waals surface area contributed by atoms with Gasteiger partial charge in [-0.2, -0.15) is 13.2 Å². The van der Waals surface area contributed by atoms with Gasteiger partial charge in [0.2, 0.25) is 0 Å². The molecule has 1 aromatic heterocycles. The molecule has 0 radical (unpaired) electrons. The van der Waals surface area contributed by atoms with E-state index in [4.69, 9.17) is 0 Å². The summed E-state index contributed by atoms with van der Waals surface area (Å²) >= 11 is 1.49. The first-order chi connectivity index (χ1) is 12.2. The molecule has 0 unspecified atom stereocenters. The number of aromatic nitrogens is 1. The minimum absolute atomic E-state index is 0.209. The molecule has 4 rings (SSSR count). The molecule has 9 heteroatoms. The second-order valence-corrected chi connectivity index (χ2v) is 8.82. The lowest BCUT2D eigenvalue weighted by Gasteiger charge is -2.14. The van der Waals surface area contributed by atoms with Gasteiger partial charge in [-0.1, -0.05) is 12.1 Å². The smallest absolute Gasteiger partial charge is 0.280 e. The van der Waals surface area contributed by atoms with Crippen molar-refractivity contribution in [2.24, 2.45) is 0 Å². The molecule has 1 N–H and O–H groups in total. The van der Waals surface area contributed by atoms with Crippen molar-refractivity contribution in [1.82, 2.24) is 4.98 Å². The number of fused-ring (bicyclic) bond motifs is 1. The van der Waals surface area contributed by atoms with Crippen LogP contribution in [0.15, 0.2) is 47.4 Å². The summed E-state index contributed by atoms with van der Waals surface area (Å²) in [7, 11) is -4.38. The van der Waals surface area contributed by atoms with Gasteiger partial charge in [0.15, 0.2) is 0 Å². The summed E-state index contributed by atoms with van der Waals surface area (Å²) in [6.45, 7) is 0. The van der Waals surface area contributed by atoms with Gasteiger partial charge in [-0.05, 0) is 43.2 Å². The van der Waals surface area contributed by atoms with Crippen molar-refractivity contribution in [2.45, 2.75) is 29.8 Å². The van der Waals surface area contributed by atoms with E-state index in [1.165, 1.54) is 23.5 Å². The number of thiazole rings is 1. The fourth-order valence-corrected chi connectivity index (χ4v) is 5.11. The topological polar surface area (TPSA) is 59.1 Å². The number of rotatable bonds is 4. The van der Waals surface area contributed by atoms with Crippen molar-refractivity contribution in [3.63, 3.8) is 0 Å². The first-order valence-electron chi connectivity index (χ1n) is 7.83. The predicted molar refractivity (Wildman–Crippen MR) is 93.8 cm³/mol. The van der Waals surface area contributed by atoms with Crippen molar-refractivity contribution >= 4 is 37.3 Å². The van der Waals surface area contributed by atoms with Crippen LogP contribution in [0.4, 0.5) is 18.9 Å². The Morgan fingerprint density at radius 3 is 2.54 bits per heavy atom. The van der Waals surface area contributed by atoms with Crippen LogP contribution in [-0.4, -0.2) is 13.4 Å². The number of nitrogens with one attached hydrogen (secondary N) is 1. The number of benzene rings is 2. The van der Waals surface area contributed by atoms with E-state index in [0.29, 0.717) is 5.92 Å². The highest BCUT2D eigenvalue weighted by Gasteiger charge is 2.37. The van der Waals surface area contributed by atoms with Crippen molar-refractivity contribution in [1.29, 1.82) is 0 Å². The molecule has 0 atom stereocenters. The monoisotopic (exact) mass is 398 g/mol. The van der Waals surface area contributed by atoms with E-state index < -0.39 is 26.7 Å². The van der Waals surface area contributed by atoms with Gasteiger partial charge >= 0.3 is 6.18 Å². The summed E-state index contributed by atoms with van der Waals surface area (Å²) in [5, 5.41) is 1.02. The van der Waals surface area contributed by atoms with E-state index >= 15 is 0 Å². The highest BCUT2D eigenvalue weighted by Crippen LogP contribution is 2.43. The molecule has 0 saturated heterocycles. The minimum Gasteiger partial charge on any atom is -0.280 e. The predicted octanol–water partition coefficient (Wildman–Crippen LogP) is 4.99. The Hall–Kier alpha value is -2.13. The average Bonchev–Trinajstić information content (AvgIpc) is 3.33. The van der Waals surface area contributed by atoms with Crippen molar-refractivity contribution < 1.29 is 21.6 Å². The Balaban J connectivity index is 1.69. The molecular weight excluding hydrogens is 385 g/mol. The van der Waals surface area contributed by atoms with Gasteiger partial charge in [0.25, 0.3) is 10.0 Å². The maximum atomic E-state index is 13.1. The maximum absolute atomic E-state index is 13.1. The molecule has 1 aliphatic rings. The molecule has 1 saturated carbocycles. The fraction of sp³-hybridized carbons (Fsp3) is 0.235. The third-order valence-corrected chi connectivity index (χ3v) is 6.69. The van der Waals surface area contributed by atoms with Crippen LogP contribution < -0.4 is 4.72 Å². The first-order valence-corrected chi connectivity index (χ1v) is 10.1. The molecule has 0 aliphatic heterocycles. The summed E-state index contributed by atoms with van der Waals surface area (Å²) in [5.41, 5.74) is -0.224. The Labute approximate surface area is 151 Å². The quantitative estimate of drug-likeness (QED) is 0.673. The summed E-state index contributed by atoms with van der Waals surface area (Å²) in [4.78, 5) is 3.71. The summed E-state index contributed by atoms with van der Waals surface area (Å²) in [6, 6.07) is 8.90. The number of halogens is 3. The number of hydrogen-bond donors (Lipinski definition) is 1. The SMILES string of the molecule is O=S(=O)(Nc1ccc2nc(C3CC3)sc2c1)c1ccccc1C(F)(F)F. The average molecular weight is 398 g/mol. The standard InChI is InChI=1S/C17H13F3N2O2S2/c18-17(19,20)12-3-1-2-4-15(12)26(23,24)22-11-7-8-13-14(9-11)25-16(21-13)10-5-6-10/h1-4,7-10,22H,5-6H2. The van der Waals surface area contributed by atoms with Gasteiger partial charge in [0.05, 0.1) is 31.4 Å². The normalized spacial score (nSPS) is 15.3. The maximum Gasteiger partial charge on any atom is 0.417 e. The summed E-state index contributed by atoms with van der Waals surface area (Å²) in [6.07, 6.45) is -2.55. The molecule has 26 heavy (non-hydrogen) atoms. The Morgan fingerprint density at radius 1 is 1.12 bits per heavy atom. The molecule has 1 heterocycles. The van der Waals surface area contributed by atoms with E-state index in [-0.39, 0.29) is 5.69 Å². The van der Waals surface area contributed by atoms with E-state index in [1.54, 1.807) is 12.1 Å². The van der Waals surface area contributed by atoms with Crippen molar-refractivity contribution in [2.75, 3.05) is 4.72 Å². The molecule has 0 amide bonds.